The van der Waals surface area contributed by atoms with Gasteiger partial charge in [-0.2, -0.15) is 0 Å². The Labute approximate surface area is 81.9 Å². The van der Waals surface area contributed by atoms with Gasteiger partial charge in [0, 0.05) is 10.5 Å². The Kier molecular flexibility index (Phi) is 2.14. The van der Waals surface area contributed by atoms with E-state index in [4.69, 9.17) is 0 Å². The molecule has 14 heavy (non-hydrogen) atoms. The maximum atomic E-state index is 11.6. The van der Waals surface area contributed by atoms with E-state index < -0.39 is 0 Å². The summed E-state index contributed by atoms with van der Waals surface area (Å²) in [5.41, 5.74) is 0.724. The number of allylic oxidation sites excluding steroid dienone is 1. The molecule has 2 aromatic rings. The molecule has 0 saturated heterocycles. The summed E-state index contributed by atoms with van der Waals surface area (Å²) in [5.74, 6) is -0.00236. The lowest BCUT2D eigenvalue weighted by Gasteiger charge is -2.05. The molecule has 0 fully saturated rings. The Morgan fingerprint density at radius 3 is 3.00 bits per heavy atom. The summed E-state index contributed by atoms with van der Waals surface area (Å²) >= 11 is 0. The minimum absolute atomic E-state index is 0.00236. The summed E-state index contributed by atoms with van der Waals surface area (Å²) in [5, 5.41) is 16.5. The van der Waals surface area contributed by atoms with E-state index in [1.54, 1.807) is 16.8 Å². The zero-order chi connectivity index (χ0) is 9.97. The Morgan fingerprint density at radius 1 is 1.43 bits per heavy atom. The van der Waals surface area contributed by atoms with E-state index in [1.807, 2.05) is 18.2 Å². The van der Waals surface area contributed by atoms with Crippen molar-refractivity contribution in [1.82, 2.24) is 5.10 Å². The van der Waals surface area contributed by atoms with Crippen LogP contribution in [0.25, 0.3) is 10.9 Å². The Bertz CT molecular complexity index is 480. The van der Waals surface area contributed by atoms with Crippen LogP contribution in [0.4, 0.5) is 0 Å². The van der Waals surface area contributed by atoms with Gasteiger partial charge in [-0.1, -0.05) is 29.5 Å². The summed E-state index contributed by atoms with van der Waals surface area (Å²) in [6, 6.07) is 7.31. The largest absolute Gasteiger partial charge is 0.868 e. The van der Waals surface area contributed by atoms with Gasteiger partial charge >= 0.3 is 0 Å². The summed E-state index contributed by atoms with van der Waals surface area (Å²) < 4.78 is 1.59. The minimum Gasteiger partial charge on any atom is -0.868 e. The van der Waals surface area contributed by atoms with Gasteiger partial charge in [-0.15, -0.1) is 0 Å². The van der Waals surface area contributed by atoms with Crippen molar-refractivity contribution in [2.24, 2.45) is 0 Å². The quantitative estimate of drug-likeness (QED) is 0.513. The lowest BCUT2D eigenvalue weighted by atomic mass is 10.2. The van der Waals surface area contributed by atoms with Crippen molar-refractivity contribution in [2.75, 3.05) is 0 Å². The molecule has 3 nitrogen and oxygen atoms in total. The first-order chi connectivity index (χ1) is 6.81. The van der Waals surface area contributed by atoms with Gasteiger partial charge < -0.3 is 5.11 Å². The molecule has 2 rings (SSSR count). The molecule has 0 radical (unpaired) electrons. The van der Waals surface area contributed by atoms with Crippen LogP contribution in [0.1, 0.15) is 0 Å². The van der Waals surface area contributed by atoms with Crippen molar-refractivity contribution in [2.45, 2.75) is 6.54 Å². The van der Waals surface area contributed by atoms with Gasteiger partial charge in [-0.25, -0.2) is 0 Å². The molecule has 0 spiro atoms. The molecule has 1 aromatic carbocycles. The van der Waals surface area contributed by atoms with Crippen LogP contribution in [0.2, 0.25) is 0 Å². The number of fused-ring (bicyclic) bond motifs is 1. The second-order valence-corrected chi connectivity index (χ2v) is 3.02. The standard InChI is InChI=1S/C11H10N2O/c1-2-7-13-8-11(14)9-5-3-4-6-10(9)12-13/h2-6,8H,1,7H2. The molecule has 0 aliphatic heterocycles. The molecule has 0 saturated carbocycles. The molecular formula is C11H10N2O. The second-order valence-electron chi connectivity index (χ2n) is 3.02. The van der Waals surface area contributed by atoms with E-state index >= 15 is 0 Å². The zero-order valence-corrected chi connectivity index (χ0v) is 7.68. The van der Waals surface area contributed by atoms with Crippen molar-refractivity contribution >= 4 is 10.9 Å². The van der Waals surface area contributed by atoms with Crippen molar-refractivity contribution < 1.29 is 9.79 Å². The molecule has 70 valence electrons. The summed E-state index contributed by atoms with van der Waals surface area (Å²) in [6.07, 6.45) is 3.20. The van der Waals surface area contributed by atoms with Crippen LogP contribution in [0.5, 0.6) is 5.75 Å². The van der Waals surface area contributed by atoms with Crippen LogP contribution < -0.4 is 9.79 Å². The third kappa shape index (κ3) is 1.44. The maximum Gasteiger partial charge on any atom is 0.192 e. The fourth-order valence-corrected chi connectivity index (χ4v) is 1.37. The highest BCUT2D eigenvalue weighted by Crippen LogP contribution is 2.16. The highest BCUT2D eigenvalue weighted by molar-refractivity contribution is 5.82. The molecule has 0 bridgehead atoms. The third-order valence-electron chi connectivity index (χ3n) is 1.99. The molecule has 1 heterocycles. The summed E-state index contributed by atoms with van der Waals surface area (Å²) in [4.78, 5) is 0. The number of nitrogens with zero attached hydrogens (tertiary/aromatic N) is 2. The molecule has 0 N–H and O–H groups in total. The Balaban J connectivity index is 2.65. The van der Waals surface area contributed by atoms with Crippen molar-refractivity contribution in [1.29, 1.82) is 0 Å². The molecular weight excluding hydrogens is 176 g/mol. The lowest BCUT2D eigenvalue weighted by molar-refractivity contribution is -0.744. The molecule has 0 aliphatic carbocycles. The molecule has 0 atom stereocenters. The SMILES string of the molecule is C=CC[n+]1cc([O-])c2ccccc2n1. The van der Waals surface area contributed by atoms with Crippen LogP contribution in [0.15, 0.2) is 43.1 Å². The molecule has 1 aromatic heterocycles. The summed E-state index contributed by atoms with van der Waals surface area (Å²) in [6.45, 7) is 4.16. The van der Waals surface area contributed by atoms with Gasteiger partial charge in [0.05, 0.1) is 0 Å². The first-order valence-electron chi connectivity index (χ1n) is 4.38. The van der Waals surface area contributed by atoms with E-state index in [2.05, 4.69) is 11.7 Å². The molecule has 0 aliphatic rings. The van der Waals surface area contributed by atoms with E-state index in [0.717, 1.165) is 5.52 Å². The number of hydrogen-bond acceptors (Lipinski definition) is 2. The smallest absolute Gasteiger partial charge is 0.192 e. The van der Waals surface area contributed by atoms with Crippen molar-refractivity contribution in [3.8, 4) is 5.75 Å². The van der Waals surface area contributed by atoms with Gasteiger partial charge in [0.25, 0.3) is 0 Å². The highest BCUT2D eigenvalue weighted by atomic mass is 16.3. The average molecular weight is 186 g/mol. The third-order valence-corrected chi connectivity index (χ3v) is 1.99. The van der Waals surface area contributed by atoms with Gasteiger partial charge in [0.1, 0.15) is 5.52 Å². The first-order valence-corrected chi connectivity index (χ1v) is 4.38. The summed E-state index contributed by atoms with van der Waals surface area (Å²) in [7, 11) is 0. The van der Waals surface area contributed by atoms with Crippen LogP contribution in [0, 0.1) is 0 Å². The van der Waals surface area contributed by atoms with E-state index in [0.29, 0.717) is 11.9 Å². The van der Waals surface area contributed by atoms with Crippen LogP contribution in [-0.4, -0.2) is 5.10 Å². The predicted octanol–water partition coefficient (Wildman–Crippen LogP) is 0.782. The number of benzene rings is 1. The Hall–Kier alpha value is -1.90. The first kappa shape index (κ1) is 8.69. The van der Waals surface area contributed by atoms with Crippen LogP contribution >= 0.6 is 0 Å². The van der Waals surface area contributed by atoms with Crippen LogP contribution in [0.3, 0.4) is 0 Å². The highest BCUT2D eigenvalue weighted by Gasteiger charge is 2.03. The maximum absolute atomic E-state index is 11.6. The van der Waals surface area contributed by atoms with Gasteiger partial charge in [0.15, 0.2) is 12.7 Å². The van der Waals surface area contributed by atoms with Crippen molar-refractivity contribution in [3.05, 3.63) is 43.1 Å². The lowest BCUT2D eigenvalue weighted by Crippen LogP contribution is -2.37. The van der Waals surface area contributed by atoms with Crippen LogP contribution in [-0.2, 0) is 6.54 Å². The zero-order valence-electron chi connectivity index (χ0n) is 7.68. The minimum atomic E-state index is -0.00236. The average Bonchev–Trinajstić information content (AvgIpc) is 2.18. The normalized spacial score (nSPS) is 10.3. The Morgan fingerprint density at radius 2 is 2.21 bits per heavy atom. The second kappa shape index (κ2) is 3.46. The number of aromatic nitrogens is 2. The predicted molar refractivity (Wildman–Crippen MR) is 51.6 cm³/mol. The number of hydrogen-bond donors (Lipinski definition) is 0. The van der Waals surface area contributed by atoms with Crippen molar-refractivity contribution in [3.63, 3.8) is 0 Å². The number of rotatable bonds is 2. The van der Waals surface area contributed by atoms with E-state index in [-0.39, 0.29) is 5.75 Å². The van der Waals surface area contributed by atoms with Gasteiger partial charge in [0.2, 0.25) is 0 Å². The van der Waals surface area contributed by atoms with Gasteiger partial charge in [-0.05, 0) is 17.9 Å². The molecule has 0 amide bonds. The fraction of sp³-hybridized carbons (Fsp3) is 0.0909. The molecule has 0 unspecified atom stereocenters. The monoisotopic (exact) mass is 186 g/mol. The fourth-order valence-electron chi connectivity index (χ4n) is 1.37. The van der Waals surface area contributed by atoms with Gasteiger partial charge in [-0.3, -0.25) is 0 Å². The van der Waals surface area contributed by atoms with E-state index in [9.17, 15) is 5.11 Å². The topological polar surface area (TPSA) is 39.8 Å². The van der Waals surface area contributed by atoms with E-state index in [1.165, 1.54) is 6.20 Å². The molecule has 3 heteroatoms.